The normalized spacial score (nSPS) is 19.6. The van der Waals surface area contributed by atoms with E-state index in [1.54, 1.807) is 6.07 Å². The van der Waals surface area contributed by atoms with E-state index in [-0.39, 0.29) is 5.91 Å². The summed E-state index contributed by atoms with van der Waals surface area (Å²) in [7, 11) is 0. The molecule has 19 heavy (non-hydrogen) atoms. The lowest BCUT2D eigenvalue weighted by Gasteiger charge is -2.30. The van der Waals surface area contributed by atoms with Crippen LogP contribution in [0.25, 0.3) is 11.8 Å². The van der Waals surface area contributed by atoms with Crippen LogP contribution in [-0.4, -0.2) is 15.9 Å². The Morgan fingerprint density at radius 1 is 0.947 bits per heavy atom. The largest absolute Gasteiger partial charge is 0.369 e. The number of carbonyl (C=O) groups excluding carboxylic acids is 1. The molecule has 1 N–H and O–H groups in total. The summed E-state index contributed by atoms with van der Waals surface area (Å²) in [6.07, 6.45) is 1.06. The summed E-state index contributed by atoms with van der Waals surface area (Å²) in [6, 6.07) is 15.1. The maximum atomic E-state index is 12.4. The maximum absolute atomic E-state index is 12.4. The number of rotatable bonds is 0. The van der Waals surface area contributed by atoms with Gasteiger partial charge in [0.15, 0.2) is 6.23 Å². The first-order valence-corrected chi connectivity index (χ1v) is 6.19. The highest BCUT2D eigenvalue weighted by Crippen LogP contribution is 2.43. The smallest absolute Gasteiger partial charge is 0.261 e. The Morgan fingerprint density at radius 2 is 1.63 bits per heavy atom. The molecule has 0 aliphatic carbocycles. The lowest BCUT2D eigenvalue weighted by atomic mass is 9.99. The first-order chi connectivity index (χ1) is 9.27. The van der Waals surface area contributed by atoms with E-state index in [0.29, 0.717) is 5.56 Å². The van der Waals surface area contributed by atoms with Crippen LogP contribution in [-0.2, 0) is 0 Å². The van der Waals surface area contributed by atoms with Crippen LogP contribution in [0.2, 0.25) is 0 Å². The fraction of sp³-hybridized carbons (Fsp3) is 0.0625. The molecule has 0 fully saturated rings. The van der Waals surface area contributed by atoms with Gasteiger partial charge in [0.05, 0.1) is 5.70 Å². The Morgan fingerprint density at radius 3 is 2.47 bits per heavy atom. The third kappa shape index (κ3) is 1.28. The number of hydrogen-bond acceptors (Lipinski definition) is 2. The first-order valence-electron chi connectivity index (χ1n) is 6.19. The number of fused-ring (bicyclic) bond motifs is 4. The van der Waals surface area contributed by atoms with Crippen LogP contribution in [0.5, 0.6) is 0 Å². The van der Waals surface area contributed by atoms with Crippen molar-refractivity contribution in [1.29, 1.82) is 0 Å². The van der Waals surface area contributed by atoms with Crippen molar-refractivity contribution in [3.8, 4) is 0 Å². The van der Waals surface area contributed by atoms with Gasteiger partial charge in [-0.3, -0.25) is 9.69 Å². The van der Waals surface area contributed by atoms with Gasteiger partial charge < -0.3 is 5.11 Å². The lowest BCUT2D eigenvalue weighted by molar-refractivity contribution is 0.0353. The molecule has 0 spiro atoms. The van der Waals surface area contributed by atoms with E-state index >= 15 is 0 Å². The summed E-state index contributed by atoms with van der Waals surface area (Å²) >= 11 is 0. The monoisotopic (exact) mass is 249 g/mol. The quantitative estimate of drug-likeness (QED) is 0.779. The van der Waals surface area contributed by atoms with Gasteiger partial charge in [0, 0.05) is 16.7 Å². The van der Waals surface area contributed by atoms with Gasteiger partial charge >= 0.3 is 0 Å². The lowest BCUT2D eigenvalue weighted by Crippen LogP contribution is -2.30. The molecule has 0 unspecified atom stereocenters. The van der Waals surface area contributed by atoms with Crippen molar-refractivity contribution in [2.45, 2.75) is 6.23 Å². The van der Waals surface area contributed by atoms with Crippen molar-refractivity contribution in [2.75, 3.05) is 0 Å². The standard InChI is InChI=1S/C16H11NO2/c18-15-11-6-2-1-5-10(11)9-14-12-7-3-4-8-13(12)16(19)17(14)15/h1-9,15,18H/t15-/m0/s1. The second-order valence-corrected chi connectivity index (χ2v) is 4.75. The number of carbonyl (C=O) groups is 1. The molecule has 2 aromatic rings. The summed E-state index contributed by atoms with van der Waals surface area (Å²) in [4.78, 5) is 13.8. The molecule has 0 saturated carbocycles. The average molecular weight is 249 g/mol. The van der Waals surface area contributed by atoms with Gasteiger partial charge in [-0.05, 0) is 17.7 Å². The summed E-state index contributed by atoms with van der Waals surface area (Å²) in [5, 5.41) is 10.4. The van der Waals surface area contributed by atoms with E-state index in [4.69, 9.17) is 0 Å². The Bertz CT molecular complexity index is 733. The Balaban J connectivity index is 2.01. The van der Waals surface area contributed by atoms with Gasteiger partial charge in [-0.2, -0.15) is 0 Å². The Hall–Kier alpha value is -2.39. The van der Waals surface area contributed by atoms with Gasteiger partial charge in [0.2, 0.25) is 0 Å². The molecule has 2 aromatic carbocycles. The number of benzene rings is 2. The summed E-state index contributed by atoms with van der Waals surface area (Å²) in [6.45, 7) is 0. The number of amides is 1. The van der Waals surface area contributed by atoms with Crippen molar-refractivity contribution in [3.63, 3.8) is 0 Å². The van der Waals surface area contributed by atoms with Gasteiger partial charge in [-0.25, -0.2) is 0 Å². The van der Waals surface area contributed by atoms with Crippen molar-refractivity contribution < 1.29 is 9.90 Å². The molecule has 0 aromatic heterocycles. The van der Waals surface area contributed by atoms with Crippen LogP contribution < -0.4 is 0 Å². The van der Waals surface area contributed by atoms with Gasteiger partial charge in [-0.15, -0.1) is 0 Å². The van der Waals surface area contributed by atoms with Crippen molar-refractivity contribution in [1.82, 2.24) is 4.90 Å². The van der Waals surface area contributed by atoms with Crippen LogP contribution >= 0.6 is 0 Å². The second-order valence-electron chi connectivity index (χ2n) is 4.75. The molecule has 0 saturated heterocycles. The van der Waals surface area contributed by atoms with Crippen LogP contribution in [0.3, 0.4) is 0 Å². The fourth-order valence-electron chi connectivity index (χ4n) is 2.82. The highest BCUT2D eigenvalue weighted by atomic mass is 16.3. The van der Waals surface area contributed by atoms with E-state index in [2.05, 4.69) is 0 Å². The predicted octanol–water partition coefficient (Wildman–Crippen LogP) is 2.65. The average Bonchev–Trinajstić information content (AvgIpc) is 2.74. The Labute approximate surface area is 110 Å². The van der Waals surface area contributed by atoms with Crippen molar-refractivity contribution in [2.24, 2.45) is 0 Å². The van der Waals surface area contributed by atoms with Crippen LogP contribution in [0.4, 0.5) is 0 Å². The van der Waals surface area contributed by atoms with Crippen molar-refractivity contribution >= 4 is 17.7 Å². The SMILES string of the molecule is O=C1c2ccccc2C2=Cc3ccccc3[C@H](O)N12. The second kappa shape index (κ2) is 3.56. The molecule has 1 amide bonds. The third-order valence-corrected chi connectivity index (χ3v) is 3.72. The number of aliphatic hydroxyl groups excluding tert-OH is 1. The Kier molecular flexibility index (Phi) is 1.97. The third-order valence-electron chi connectivity index (χ3n) is 3.72. The number of hydrogen-bond donors (Lipinski definition) is 1. The molecule has 2 heterocycles. The van der Waals surface area contributed by atoms with Crippen molar-refractivity contribution in [3.05, 3.63) is 70.8 Å². The molecule has 92 valence electrons. The van der Waals surface area contributed by atoms with Gasteiger partial charge in [-0.1, -0.05) is 42.5 Å². The molecule has 3 nitrogen and oxygen atoms in total. The summed E-state index contributed by atoms with van der Waals surface area (Å²) < 4.78 is 0. The first kappa shape index (κ1) is 10.5. The minimum Gasteiger partial charge on any atom is -0.369 e. The molecule has 3 heteroatoms. The van der Waals surface area contributed by atoms with Gasteiger partial charge in [0.25, 0.3) is 5.91 Å². The van der Waals surface area contributed by atoms with E-state index < -0.39 is 6.23 Å². The molecule has 0 radical (unpaired) electrons. The molecular weight excluding hydrogens is 238 g/mol. The van der Waals surface area contributed by atoms with Crippen LogP contribution in [0, 0.1) is 0 Å². The number of aliphatic hydroxyl groups is 1. The highest BCUT2D eigenvalue weighted by Gasteiger charge is 2.39. The van der Waals surface area contributed by atoms with E-state index in [1.807, 2.05) is 48.5 Å². The van der Waals surface area contributed by atoms with E-state index in [0.717, 1.165) is 22.4 Å². The summed E-state index contributed by atoms with van der Waals surface area (Å²) in [5.74, 6) is -0.135. The summed E-state index contributed by atoms with van der Waals surface area (Å²) in [5.41, 5.74) is 4.06. The highest BCUT2D eigenvalue weighted by molar-refractivity contribution is 6.12. The molecule has 2 aliphatic heterocycles. The van der Waals surface area contributed by atoms with E-state index in [1.165, 1.54) is 4.90 Å². The zero-order valence-corrected chi connectivity index (χ0v) is 10.1. The van der Waals surface area contributed by atoms with Crippen LogP contribution in [0.15, 0.2) is 48.5 Å². The number of nitrogens with zero attached hydrogens (tertiary/aromatic N) is 1. The van der Waals surface area contributed by atoms with E-state index in [9.17, 15) is 9.90 Å². The van der Waals surface area contributed by atoms with Crippen LogP contribution in [0.1, 0.15) is 33.3 Å². The predicted molar refractivity (Wildman–Crippen MR) is 71.9 cm³/mol. The minimum absolute atomic E-state index is 0.135. The molecular formula is C16H11NO2. The molecule has 0 bridgehead atoms. The molecule has 4 rings (SSSR count). The molecule has 1 atom stereocenters. The van der Waals surface area contributed by atoms with Gasteiger partial charge in [0.1, 0.15) is 0 Å². The molecule has 2 aliphatic rings. The fourth-order valence-corrected chi connectivity index (χ4v) is 2.82. The maximum Gasteiger partial charge on any atom is 0.261 e. The zero-order valence-electron chi connectivity index (χ0n) is 10.1. The topological polar surface area (TPSA) is 40.5 Å². The zero-order chi connectivity index (χ0) is 13.0. The minimum atomic E-state index is -0.906.